The molecule has 0 nitrogen and oxygen atoms in total. The Morgan fingerprint density at radius 2 is 1.59 bits per heavy atom. The normalized spacial score (nSPS) is 14.1. The van der Waals surface area contributed by atoms with Crippen LogP contribution in [0.4, 0.5) is 0 Å². The van der Waals surface area contributed by atoms with Crippen molar-refractivity contribution >= 4 is 15.9 Å². The standard InChI is InChI=1S/C16H25Br/c1-12(2)14(11-17)10-13-6-8-15(9-7-13)16(3,4)5/h6-9,12,14H,10-11H2,1-5H3/t14-/m0/s1. The summed E-state index contributed by atoms with van der Waals surface area (Å²) in [6.07, 6.45) is 1.17. The van der Waals surface area contributed by atoms with E-state index in [9.17, 15) is 0 Å². The van der Waals surface area contributed by atoms with E-state index in [1.807, 2.05) is 0 Å². The van der Waals surface area contributed by atoms with Gasteiger partial charge in [0.15, 0.2) is 0 Å². The molecule has 0 aliphatic rings. The number of halogens is 1. The summed E-state index contributed by atoms with van der Waals surface area (Å²) in [5, 5.41) is 1.09. The molecule has 1 aromatic carbocycles. The van der Waals surface area contributed by atoms with Gasteiger partial charge in [-0.25, -0.2) is 0 Å². The molecule has 1 aromatic rings. The van der Waals surface area contributed by atoms with Gasteiger partial charge in [0, 0.05) is 5.33 Å². The highest BCUT2D eigenvalue weighted by molar-refractivity contribution is 9.09. The Balaban J connectivity index is 2.75. The van der Waals surface area contributed by atoms with Crippen LogP contribution in [0.5, 0.6) is 0 Å². The summed E-state index contributed by atoms with van der Waals surface area (Å²) in [7, 11) is 0. The van der Waals surface area contributed by atoms with Crippen LogP contribution in [0.15, 0.2) is 24.3 Å². The molecule has 0 N–H and O–H groups in total. The minimum Gasteiger partial charge on any atom is -0.0925 e. The lowest BCUT2D eigenvalue weighted by molar-refractivity contribution is 0.427. The van der Waals surface area contributed by atoms with Gasteiger partial charge in [-0.05, 0) is 34.8 Å². The lowest BCUT2D eigenvalue weighted by Crippen LogP contribution is -2.14. The van der Waals surface area contributed by atoms with E-state index in [2.05, 4.69) is 74.8 Å². The summed E-state index contributed by atoms with van der Waals surface area (Å²) in [4.78, 5) is 0. The quantitative estimate of drug-likeness (QED) is 0.671. The predicted molar refractivity (Wildman–Crippen MR) is 81.0 cm³/mol. The van der Waals surface area contributed by atoms with Crippen molar-refractivity contribution in [2.24, 2.45) is 11.8 Å². The van der Waals surface area contributed by atoms with Crippen LogP contribution in [0, 0.1) is 11.8 Å². The fourth-order valence-corrected chi connectivity index (χ4v) is 2.89. The summed E-state index contributed by atoms with van der Waals surface area (Å²) in [6.45, 7) is 11.4. The van der Waals surface area contributed by atoms with E-state index in [1.54, 1.807) is 0 Å². The van der Waals surface area contributed by atoms with E-state index in [-0.39, 0.29) is 5.41 Å². The van der Waals surface area contributed by atoms with Crippen LogP contribution >= 0.6 is 15.9 Å². The molecule has 0 saturated carbocycles. The minimum atomic E-state index is 0.255. The molecule has 0 spiro atoms. The summed E-state index contributed by atoms with van der Waals surface area (Å²) in [6, 6.07) is 9.14. The number of benzene rings is 1. The highest BCUT2D eigenvalue weighted by Crippen LogP contribution is 2.24. The van der Waals surface area contributed by atoms with Crippen molar-refractivity contribution in [1.82, 2.24) is 0 Å². The molecule has 0 aliphatic carbocycles. The molecule has 0 fully saturated rings. The van der Waals surface area contributed by atoms with Gasteiger partial charge in [-0.15, -0.1) is 0 Å². The van der Waals surface area contributed by atoms with Gasteiger partial charge in [0.1, 0.15) is 0 Å². The van der Waals surface area contributed by atoms with E-state index in [4.69, 9.17) is 0 Å². The van der Waals surface area contributed by atoms with Crippen molar-refractivity contribution in [2.75, 3.05) is 5.33 Å². The molecule has 0 saturated heterocycles. The van der Waals surface area contributed by atoms with Crippen LogP contribution in [0.2, 0.25) is 0 Å². The lowest BCUT2D eigenvalue weighted by atomic mass is 9.85. The maximum atomic E-state index is 3.62. The van der Waals surface area contributed by atoms with Crippen LogP contribution in [-0.2, 0) is 11.8 Å². The first-order valence-electron chi connectivity index (χ1n) is 6.50. The van der Waals surface area contributed by atoms with Crippen LogP contribution < -0.4 is 0 Å². The zero-order chi connectivity index (χ0) is 13.1. The van der Waals surface area contributed by atoms with Crippen molar-refractivity contribution in [3.05, 3.63) is 35.4 Å². The van der Waals surface area contributed by atoms with Gasteiger partial charge >= 0.3 is 0 Å². The highest BCUT2D eigenvalue weighted by Gasteiger charge is 2.15. The second-order valence-corrected chi connectivity index (χ2v) is 6.96. The molecule has 0 unspecified atom stereocenters. The molecule has 0 aromatic heterocycles. The molecule has 1 heteroatoms. The molecule has 0 amide bonds. The average molecular weight is 297 g/mol. The van der Waals surface area contributed by atoms with E-state index in [0.717, 1.165) is 17.2 Å². The van der Waals surface area contributed by atoms with Crippen LogP contribution in [0.1, 0.15) is 45.7 Å². The maximum absolute atomic E-state index is 3.62. The number of hydrogen-bond donors (Lipinski definition) is 0. The first-order chi connectivity index (χ1) is 7.84. The van der Waals surface area contributed by atoms with Gasteiger partial charge in [0.25, 0.3) is 0 Å². The Morgan fingerprint density at radius 3 is 1.94 bits per heavy atom. The molecule has 1 rings (SSSR count). The predicted octanol–water partition coefficient (Wildman–Crippen LogP) is 5.19. The third-order valence-corrected chi connectivity index (χ3v) is 4.29. The fourth-order valence-electron chi connectivity index (χ4n) is 1.91. The van der Waals surface area contributed by atoms with E-state index in [0.29, 0.717) is 0 Å². The summed E-state index contributed by atoms with van der Waals surface area (Å²) in [5.74, 6) is 1.46. The SMILES string of the molecule is CC(C)[C@H](CBr)Cc1ccc(C(C)(C)C)cc1. The topological polar surface area (TPSA) is 0 Å². The molecule has 0 radical (unpaired) electrons. The zero-order valence-electron chi connectivity index (χ0n) is 11.8. The van der Waals surface area contributed by atoms with Gasteiger partial charge in [0.05, 0.1) is 0 Å². The lowest BCUT2D eigenvalue weighted by Gasteiger charge is -2.21. The van der Waals surface area contributed by atoms with Crippen molar-refractivity contribution in [3.8, 4) is 0 Å². The summed E-state index contributed by atoms with van der Waals surface area (Å²) in [5.41, 5.74) is 3.13. The van der Waals surface area contributed by atoms with Crippen LogP contribution in [0.3, 0.4) is 0 Å². The molecule has 17 heavy (non-hydrogen) atoms. The number of hydrogen-bond acceptors (Lipinski definition) is 0. The van der Waals surface area contributed by atoms with Gasteiger partial charge in [-0.3, -0.25) is 0 Å². The Morgan fingerprint density at radius 1 is 1.06 bits per heavy atom. The second-order valence-electron chi connectivity index (χ2n) is 6.31. The highest BCUT2D eigenvalue weighted by atomic mass is 79.9. The summed E-state index contributed by atoms with van der Waals surface area (Å²) >= 11 is 3.62. The largest absolute Gasteiger partial charge is 0.0925 e. The van der Waals surface area contributed by atoms with E-state index >= 15 is 0 Å². The van der Waals surface area contributed by atoms with Crippen molar-refractivity contribution in [3.63, 3.8) is 0 Å². The molecular weight excluding hydrogens is 272 g/mol. The van der Waals surface area contributed by atoms with Gasteiger partial charge in [-0.2, -0.15) is 0 Å². The Kier molecular flexibility index (Phi) is 5.24. The molecule has 96 valence electrons. The second kappa shape index (κ2) is 6.04. The Hall–Kier alpha value is -0.300. The maximum Gasteiger partial charge on any atom is 0.00652 e. The van der Waals surface area contributed by atoms with Crippen LogP contribution in [0.25, 0.3) is 0 Å². The molecule has 0 bridgehead atoms. The minimum absolute atomic E-state index is 0.255. The third kappa shape index (κ3) is 4.46. The van der Waals surface area contributed by atoms with Crippen molar-refractivity contribution < 1.29 is 0 Å². The smallest absolute Gasteiger partial charge is 0.00652 e. The number of alkyl halides is 1. The monoisotopic (exact) mass is 296 g/mol. The van der Waals surface area contributed by atoms with Gasteiger partial charge < -0.3 is 0 Å². The van der Waals surface area contributed by atoms with Gasteiger partial charge in [-0.1, -0.05) is 74.8 Å². The molecule has 0 aliphatic heterocycles. The first kappa shape index (κ1) is 14.8. The van der Waals surface area contributed by atoms with Crippen molar-refractivity contribution in [2.45, 2.75) is 46.5 Å². The third-order valence-electron chi connectivity index (χ3n) is 3.46. The van der Waals surface area contributed by atoms with E-state index < -0.39 is 0 Å². The first-order valence-corrected chi connectivity index (χ1v) is 7.62. The summed E-state index contributed by atoms with van der Waals surface area (Å²) < 4.78 is 0. The Bertz CT molecular complexity index is 330. The zero-order valence-corrected chi connectivity index (χ0v) is 13.3. The van der Waals surface area contributed by atoms with Crippen LogP contribution in [-0.4, -0.2) is 5.33 Å². The molecule has 1 atom stereocenters. The Labute approximate surface area is 115 Å². The van der Waals surface area contributed by atoms with E-state index in [1.165, 1.54) is 17.5 Å². The molecule has 0 heterocycles. The van der Waals surface area contributed by atoms with Crippen molar-refractivity contribution in [1.29, 1.82) is 0 Å². The molecular formula is C16H25Br. The fraction of sp³-hybridized carbons (Fsp3) is 0.625. The van der Waals surface area contributed by atoms with Gasteiger partial charge in [0.2, 0.25) is 0 Å². The number of rotatable bonds is 4. The average Bonchev–Trinajstić information content (AvgIpc) is 2.25.